The van der Waals surface area contributed by atoms with E-state index in [1.54, 1.807) is 0 Å². The molecule has 0 amide bonds. The van der Waals surface area contributed by atoms with E-state index in [0.29, 0.717) is 0 Å². The monoisotopic (exact) mass is 276 g/mol. The van der Waals surface area contributed by atoms with Gasteiger partial charge in [0.25, 0.3) is 0 Å². The molecular weight excluding hydrogens is 260 g/mol. The minimum atomic E-state index is -1.45. The van der Waals surface area contributed by atoms with Crippen LogP contribution in [0.2, 0.25) is 0 Å². The van der Waals surface area contributed by atoms with Gasteiger partial charge in [-0.05, 0) is 0 Å². The second kappa shape index (κ2) is 6.48. The highest BCUT2D eigenvalue weighted by Crippen LogP contribution is 2.26. The number of esters is 3. The molecule has 1 rings (SSSR count). The van der Waals surface area contributed by atoms with Crippen molar-refractivity contribution in [3.63, 3.8) is 0 Å². The van der Waals surface area contributed by atoms with Gasteiger partial charge in [-0.3, -0.25) is 14.4 Å². The molecule has 108 valence electrons. The van der Waals surface area contributed by atoms with E-state index in [0.717, 1.165) is 6.92 Å². The number of carbonyl (C=O) groups is 3. The lowest BCUT2D eigenvalue weighted by Gasteiger charge is -2.21. The quantitative estimate of drug-likeness (QED) is 0.521. The first kappa shape index (κ1) is 15.4. The van der Waals surface area contributed by atoms with Crippen molar-refractivity contribution in [3.8, 4) is 0 Å². The summed E-state index contributed by atoms with van der Waals surface area (Å²) >= 11 is 0. The van der Waals surface area contributed by atoms with Gasteiger partial charge in [0.15, 0.2) is 18.5 Å². The Morgan fingerprint density at radius 2 is 1.53 bits per heavy atom. The second-order valence-corrected chi connectivity index (χ2v) is 4.02. The van der Waals surface area contributed by atoms with Crippen molar-refractivity contribution in [3.05, 3.63) is 0 Å². The zero-order chi connectivity index (χ0) is 14.6. The maximum Gasteiger partial charge on any atom is 0.303 e. The highest BCUT2D eigenvalue weighted by molar-refractivity contribution is 5.67. The smallest absolute Gasteiger partial charge is 0.303 e. The Labute approximate surface area is 109 Å². The van der Waals surface area contributed by atoms with Gasteiger partial charge in [0, 0.05) is 20.8 Å². The summed E-state index contributed by atoms with van der Waals surface area (Å²) in [6, 6.07) is 0. The lowest BCUT2D eigenvalue weighted by atomic mass is 10.1. The molecule has 8 heteroatoms. The summed E-state index contributed by atoms with van der Waals surface area (Å²) in [6.07, 6.45) is -4.53. The van der Waals surface area contributed by atoms with Crippen molar-refractivity contribution in [2.45, 2.75) is 45.4 Å². The molecule has 19 heavy (non-hydrogen) atoms. The maximum atomic E-state index is 11.0. The minimum absolute atomic E-state index is 0.220. The fraction of sp³-hybridized carbons (Fsp3) is 0.727. The lowest BCUT2D eigenvalue weighted by molar-refractivity contribution is -0.174. The van der Waals surface area contributed by atoms with Crippen LogP contribution in [-0.4, -0.2) is 54.2 Å². The van der Waals surface area contributed by atoms with Crippen molar-refractivity contribution >= 4 is 17.9 Å². The van der Waals surface area contributed by atoms with Crippen molar-refractivity contribution in [2.75, 3.05) is 6.61 Å². The average molecular weight is 276 g/mol. The number of rotatable bonds is 4. The molecule has 0 aromatic carbocycles. The molecule has 0 spiro atoms. The largest absolute Gasteiger partial charge is 0.463 e. The molecule has 1 fully saturated rings. The Morgan fingerprint density at radius 1 is 1.00 bits per heavy atom. The Morgan fingerprint density at radius 3 is 2.00 bits per heavy atom. The molecule has 1 aliphatic rings. The zero-order valence-electron chi connectivity index (χ0n) is 10.8. The van der Waals surface area contributed by atoms with Crippen LogP contribution in [0.15, 0.2) is 0 Å². The zero-order valence-corrected chi connectivity index (χ0v) is 10.8. The SMILES string of the molecule is CC(=O)OC[C@H]1OC(O)[C@@H](OC(C)=O)C1OC(C)=O. The summed E-state index contributed by atoms with van der Waals surface area (Å²) in [4.78, 5) is 32.7. The van der Waals surface area contributed by atoms with Crippen LogP contribution in [-0.2, 0) is 33.3 Å². The fourth-order valence-corrected chi connectivity index (χ4v) is 1.69. The van der Waals surface area contributed by atoms with Gasteiger partial charge in [-0.15, -0.1) is 0 Å². The molecule has 4 atom stereocenters. The molecule has 0 radical (unpaired) electrons. The topological polar surface area (TPSA) is 108 Å². The Hall–Kier alpha value is -1.67. The van der Waals surface area contributed by atoms with Crippen LogP contribution < -0.4 is 0 Å². The van der Waals surface area contributed by atoms with E-state index in [2.05, 4.69) is 0 Å². The highest BCUT2D eigenvalue weighted by Gasteiger charge is 2.48. The molecule has 1 heterocycles. The van der Waals surface area contributed by atoms with E-state index in [1.807, 2.05) is 0 Å². The minimum Gasteiger partial charge on any atom is -0.463 e. The number of hydrogen-bond donors (Lipinski definition) is 1. The lowest BCUT2D eigenvalue weighted by Crippen LogP contribution is -2.41. The molecule has 1 aliphatic heterocycles. The van der Waals surface area contributed by atoms with Gasteiger partial charge in [0.1, 0.15) is 12.7 Å². The van der Waals surface area contributed by atoms with Crippen LogP contribution >= 0.6 is 0 Å². The Bertz CT molecular complexity index is 366. The van der Waals surface area contributed by atoms with Crippen LogP contribution in [0.4, 0.5) is 0 Å². The van der Waals surface area contributed by atoms with Crippen molar-refractivity contribution in [1.82, 2.24) is 0 Å². The number of aliphatic hydroxyl groups is 1. The van der Waals surface area contributed by atoms with Gasteiger partial charge in [-0.2, -0.15) is 0 Å². The highest BCUT2D eigenvalue weighted by atomic mass is 16.7. The summed E-state index contributed by atoms with van der Waals surface area (Å²) in [7, 11) is 0. The van der Waals surface area contributed by atoms with Crippen molar-refractivity contribution < 1.29 is 38.4 Å². The van der Waals surface area contributed by atoms with Gasteiger partial charge in [-0.1, -0.05) is 0 Å². The van der Waals surface area contributed by atoms with E-state index in [4.69, 9.17) is 18.9 Å². The van der Waals surface area contributed by atoms with E-state index < -0.39 is 42.5 Å². The van der Waals surface area contributed by atoms with Crippen molar-refractivity contribution in [2.24, 2.45) is 0 Å². The van der Waals surface area contributed by atoms with Crippen LogP contribution in [0.3, 0.4) is 0 Å². The van der Waals surface area contributed by atoms with Crippen LogP contribution in [0.1, 0.15) is 20.8 Å². The van der Waals surface area contributed by atoms with E-state index >= 15 is 0 Å². The summed E-state index contributed by atoms with van der Waals surface area (Å²) in [6.45, 7) is 3.30. The number of carbonyl (C=O) groups excluding carboxylic acids is 3. The molecular formula is C11H16O8. The molecule has 0 bridgehead atoms. The average Bonchev–Trinajstić information content (AvgIpc) is 2.53. The predicted molar refractivity (Wildman–Crippen MR) is 58.6 cm³/mol. The van der Waals surface area contributed by atoms with Gasteiger partial charge in [0.05, 0.1) is 0 Å². The number of ether oxygens (including phenoxy) is 4. The second-order valence-electron chi connectivity index (χ2n) is 4.02. The predicted octanol–water partition coefficient (Wildman–Crippen LogP) is -0.870. The first-order valence-corrected chi connectivity index (χ1v) is 5.62. The molecule has 0 aromatic heterocycles. The Kier molecular flexibility index (Phi) is 5.25. The summed E-state index contributed by atoms with van der Waals surface area (Å²) in [5, 5.41) is 9.63. The van der Waals surface area contributed by atoms with Crippen LogP contribution in [0.25, 0.3) is 0 Å². The Balaban J connectivity index is 2.76. The molecule has 0 aromatic rings. The summed E-state index contributed by atoms with van der Waals surface area (Å²) in [5.41, 5.74) is 0. The fourth-order valence-electron chi connectivity index (χ4n) is 1.69. The normalized spacial score (nSPS) is 29.7. The first-order valence-electron chi connectivity index (χ1n) is 5.62. The third kappa shape index (κ3) is 4.49. The summed E-state index contributed by atoms with van der Waals surface area (Å²) < 4.78 is 19.6. The van der Waals surface area contributed by atoms with Gasteiger partial charge < -0.3 is 24.1 Å². The maximum absolute atomic E-state index is 11.0. The molecule has 8 nitrogen and oxygen atoms in total. The third-order valence-electron chi connectivity index (χ3n) is 2.34. The molecule has 1 N–H and O–H groups in total. The standard InChI is InChI=1S/C11H16O8/c1-5(12)16-4-8-9(17-6(2)13)10(11(15)19-8)18-7(3)14/h8-11,15H,4H2,1-3H3/t8-,9?,10+,11?/m1/s1. The van der Waals surface area contributed by atoms with Gasteiger partial charge >= 0.3 is 17.9 Å². The van der Waals surface area contributed by atoms with E-state index in [-0.39, 0.29) is 6.61 Å². The molecule has 0 saturated carbocycles. The summed E-state index contributed by atoms with van der Waals surface area (Å²) in [5.74, 6) is -1.83. The first-order chi connectivity index (χ1) is 8.81. The van der Waals surface area contributed by atoms with Crippen LogP contribution in [0.5, 0.6) is 0 Å². The molecule has 1 saturated heterocycles. The third-order valence-corrected chi connectivity index (χ3v) is 2.34. The van der Waals surface area contributed by atoms with E-state index in [9.17, 15) is 19.5 Å². The number of hydrogen-bond acceptors (Lipinski definition) is 8. The van der Waals surface area contributed by atoms with Crippen LogP contribution in [0, 0.1) is 0 Å². The van der Waals surface area contributed by atoms with Crippen molar-refractivity contribution in [1.29, 1.82) is 0 Å². The van der Waals surface area contributed by atoms with Gasteiger partial charge in [0.2, 0.25) is 0 Å². The molecule has 2 unspecified atom stereocenters. The van der Waals surface area contributed by atoms with Gasteiger partial charge in [-0.25, -0.2) is 0 Å². The number of aliphatic hydroxyl groups excluding tert-OH is 1. The van der Waals surface area contributed by atoms with E-state index in [1.165, 1.54) is 13.8 Å². The molecule has 0 aliphatic carbocycles.